The van der Waals surface area contributed by atoms with Gasteiger partial charge in [0.25, 0.3) is 0 Å². The molecule has 0 aliphatic rings. The van der Waals surface area contributed by atoms with Crippen LogP contribution in [0.4, 0.5) is 0 Å². The number of nitrogens with zero attached hydrogens (tertiary/aromatic N) is 2. The zero-order chi connectivity index (χ0) is 12.5. The van der Waals surface area contributed by atoms with Gasteiger partial charge >= 0.3 is 0 Å². The van der Waals surface area contributed by atoms with Crippen molar-refractivity contribution in [2.45, 2.75) is 17.5 Å². The molecule has 0 spiro atoms. The minimum Gasteiger partial charge on any atom is -0.468 e. The van der Waals surface area contributed by atoms with E-state index >= 15 is 0 Å². The van der Waals surface area contributed by atoms with Crippen molar-refractivity contribution in [3.63, 3.8) is 0 Å². The van der Waals surface area contributed by atoms with E-state index in [2.05, 4.69) is 5.10 Å². The second kappa shape index (κ2) is 4.34. The summed E-state index contributed by atoms with van der Waals surface area (Å²) < 4.78 is 29.2. The molecule has 0 aromatic carbocycles. The van der Waals surface area contributed by atoms with E-state index in [0.717, 1.165) is 6.26 Å². The highest BCUT2D eigenvalue weighted by Gasteiger charge is 2.13. The van der Waals surface area contributed by atoms with Crippen molar-refractivity contribution >= 4 is 9.84 Å². The normalized spacial score (nSPS) is 13.8. The minimum atomic E-state index is -3.22. The van der Waals surface area contributed by atoms with Crippen molar-refractivity contribution in [3.05, 3.63) is 36.5 Å². The summed E-state index contributed by atoms with van der Waals surface area (Å²) in [6, 6.07) is 3.17. The van der Waals surface area contributed by atoms with Crippen LogP contribution in [0.15, 0.2) is 40.1 Å². The molecule has 0 aliphatic heterocycles. The van der Waals surface area contributed by atoms with Crippen LogP contribution in [0.5, 0.6) is 0 Å². The Balaban J connectivity index is 2.12. The van der Waals surface area contributed by atoms with Crippen molar-refractivity contribution in [2.24, 2.45) is 5.73 Å². The highest BCUT2D eigenvalue weighted by molar-refractivity contribution is 7.90. The predicted octanol–water partition coefficient (Wildman–Crippen LogP) is 0.580. The van der Waals surface area contributed by atoms with Crippen LogP contribution in [0.3, 0.4) is 0 Å². The van der Waals surface area contributed by atoms with Gasteiger partial charge in [0.15, 0.2) is 9.84 Å². The van der Waals surface area contributed by atoms with Crippen LogP contribution in [0.25, 0.3) is 0 Å². The third-order valence-corrected chi connectivity index (χ3v) is 3.40. The SMILES string of the molecule is CS(=O)(=O)c1cnn(CC(N)c2ccco2)c1. The molecule has 2 aromatic heterocycles. The summed E-state index contributed by atoms with van der Waals surface area (Å²) in [6.07, 6.45) is 5.45. The quantitative estimate of drug-likeness (QED) is 0.862. The van der Waals surface area contributed by atoms with Gasteiger partial charge in [-0.25, -0.2) is 8.42 Å². The summed E-state index contributed by atoms with van der Waals surface area (Å²) in [5, 5.41) is 3.95. The van der Waals surface area contributed by atoms with Crippen LogP contribution >= 0.6 is 0 Å². The first-order valence-corrected chi connectivity index (χ1v) is 6.87. The van der Waals surface area contributed by atoms with Crippen LogP contribution < -0.4 is 5.73 Å². The van der Waals surface area contributed by atoms with E-state index < -0.39 is 9.84 Å². The molecular weight excluding hydrogens is 242 g/mol. The molecule has 0 fully saturated rings. The number of furan rings is 1. The highest BCUT2D eigenvalue weighted by atomic mass is 32.2. The largest absolute Gasteiger partial charge is 0.468 e. The van der Waals surface area contributed by atoms with E-state index in [1.807, 2.05) is 0 Å². The number of rotatable bonds is 4. The van der Waals surface area contributed by atoms with E-state index in [4.69, 9.17) is 10.2 Å². The number of nitrogens with two attached hydrogens (primary N) is 1. The molecule has 92 valence electrons. The fraction of sp³-hybridized carbons (Fsp3) is 0.300. The average molecular weight is 255 g/mol. The van der Waals surface area contributed by atoms with Crippen molar-refractivity contribution in [1.82, 2.24) is 9.78 Å². The maximum Gasteiger partial charge on any atom is 0.178 e. The van der Waals surface area contributed by atoms with E-state index in [-0.39, 0.29) is 10.9 Å². The second-order valence-corrected chi connectivity index (χ2v) is 5.81. The summed E-state index contributed by atoms with van der Waals surface area (Å²) in [5.74, 6) is 0.640. The van der Waals surface area contributed by atoms with Gasteiger partial charge in [0.1, 0.15) is 10.7 Å². The fourth-order valence-electron chi connectivity index (χ4n) is 1.43. The number of aromatic nitrogens is 2. The Kier molecular flexibility index (Phi) is 3.03. The van der Waals surface area contributed by atoms with Crippen LogP contribution in [0.2, 0.25) is 0 Å². The van der Waals surface area contributed by atoms with Gasteiger partial charge in [-0.15, -0.1) is 0 Å². The van der Waals surface area contributed by atoms with Gasteiger partial charge in [-0.2, -0.15) is 5.10 Å². The first kappa shape index (κ1) is 11.9. The van der Waals surface area contributed by atoms with Crippen LogP contribution in [-0.4, -0.2) is 24.5 Å². The molecule has 0 saturated heterocycles. The molecule has 0 amide bonds. The first-order valence-electron chi connectivity index (χ1n) is 4.98. The molecule has 0 saturated carbocycles. The Labute approximate surface area is 99.0 Å². The van der Waals surface area contributed by atoms with E-state index in [9.17, 15) is 8.42 Å². The number of hydrogen-bond acceptors (Lipinski definition) is 5. The van der Waals surface area contributed by atoms with Crippen molar-refractivity contribution in [3.8, 4) is 0 Å². The third-order valence-electron chi connectivity index (χ3n) is 2.33. The molecule has 7 heteroatoms. The molecule has 0 aliphatic carbocycles. The molecule has 2 heterocycles. The fourth-order valence-corrected chi connectivity index (χ4v) is 1.98. The zero-order valence-corrected chi connectivity index (χ0v) is 10.1. The predicted molar refractivity (Wildman–Crippen MR) is 61.0 cm³/mol. The Morgan fingerprint density at radius 3 is 2.88 bits per heavy atom. The lowest BCUT2D eigenvalue weighted by molar-refractivity contribution is 0.421. The lowest BCUT2D eigenvalue weighted by atomic mass is 10.2. The molecule has 0 bridgehead atoms. The van der Waals surface area contributed by atoms with Crippen molar-refractivity contribution in [1.29, 1.82) is 0 Å². The highest BCUT2D eigenvalue weighted by Crippen LogP contribution is 2.14. The number of hydrogen-bond donors (Lipinski definition) is 1. The molecule has 2 rings (SSSR count). The lowest BCUT2D eigenvalue weighted by Gasteiger charge is -2.08. The first-order chi connectivity index (χ1) is 7.97. The Morgan fingerprint density at radius 1 is 1.59 bits per heavy atom. The van der Waals surface area contributed by atoms with Gasteiger partial charge in [0.05, 0.1) is 25.0 Å². The van der Waals surface area contributed by atoms with Gasteiger partial charge in [0, 0.05) is 12.5 Å². The molecule has 1 unspecified atom stereocenters. The molecule has 2 aromatic rings. The Morgan fingerprint density at radius 2 is 2.35 bits per heavy atom. The molecule has 0 radical (unpaired) electrons. The van der Waals surface area contributed by atoms with E-state index in [1.165, 1.54) is 17.1 Å². The standard InChI is InChI=1S/C10H13N3O3S/c1-17(14,15)8-5-12-13(6-8)7-9(11)10-3-2-4-16-10/h2-6,9H,7,11H2,1H3. The topological polar surface area (TPSA) is 91.1 Å². The number of sulfone groups is 1. The molecule has 6 nitrogen and oxygen atoms in total. The van der Waals surface area contributed by atoms with Gasteiger partial charge < -0.3 is 10.2 Å². The summed E-state index contributed by atoms with van der Waals surface area (Å²) >= 11 is 0. The van der Waals surface area contributed by atoms with Gasteiger partial charge in [0.2, 0.25) is 0 Å². The third kappa shape index (κ3) is 2.75. The van der Waals surface area contributed by atoms with E-state index in [1.54, 1.807) is 18.4 Å². The van der Waals surface area contributed by atoms with Crippen LogP contribution in [0, 0.1) is 0 Å². The van der Waals surface area contributed by atoms with Gasteiger partial charge in [-0.3, -0.25) is 4.68 Å². The Bertz CT molecular complexity index is 586. The summed E-state index contributed by atoms with van der Waals surface area (Å²) in [6.45, 7) is 0.364. The molecular formula is C10H13N3O3S. The maximum atomic E-state index is 11.3. The minimum absolute atomic E-state index is 0.184. The van der Waals surface area contributed by atoms with Crippen LogP contribution in [0.1, 0.15) is 11.8 Å². The summed E-state index contributed by atoms with van der Waals surface area (Å²) in [5.41, 5.74) is 5.89. The van der Waals surface area contributed by atoms with E-state index in [0.29, 0.717) is 12.3 Å². The second-order valence-electron chi connectivity index (χ2n) is 3.79. The van der Waals surface area contributed by atoms with Gasteiger partial charge in [-0.05, 0) is 12.1 Å². The summed E-state index contributed by atoms with van der Waals surface area (Å²) in [4.78, 5) is 0.184. The van der Waals surface area contributed by atoms with Crippen molar-refractivity contribution < 1.29 is 12.8 Å². The monoisotopic (exact) mass is 255 g/mol. The smallest absolute Gasteiger partial charge is 0.178 e. The Hall–Kier alpha value is -1.60. The zero-order valence-electron chi connectivity index (χ0n) is 9.28. The van der Waals surface area contributed by atoms with Crippen molar-refractivity contribution in [2.75, 3.05) is 6.26 Å². The molecule has 2 N–H and O–H groups in total. The van der Waals surface area contributed by atoms with Crippen LogP contribution in [-0.2, 0) is 16.4 Å². The van der Waals surface area contributed by atoms with Gasteiger partial charge in [-0.1, -0.05) is 0 Å². The maximum absolute atomic E-state index is 11.3. The lowest BCUT2D eigenvalue weighted by Crippen LogP contribution is -2.17. The molecule has 1 atom stereocenters. The molecule has 17 heavy (non-hydrogen) atoms. The summed E-state index contributed by atoms with van der Waals surface area (Å²) in [7, 11) is -3.22. The average Bonchev–Trinajstić information content (AvgIpc) is 2.85.